The molecule has 3 aliphatic carbocycles. The van der Waals surface area contributed by atoms with E-state index in [4.69, 9.17) is 0 Å². The molecule has 0 heterocycles. The summed E-state index contributed by atoms with van der Waals surface area (Å²) in [6.07, 6.45) is 9.19. The van der Waals surface area contributed by atoms with E-state index in [0.29, 0.717) is 31.5 Å². The largest absolute Gasteiger partial charge is 0.295 e. The van der Waals surface area contributed by atoms with Crippen LogP contribution in [0.1, 0.15) is 32.1 Å². The highest BCUT2D eigenvalue weighted by molar-refractivity contribution is 9.12. The highest BCUT2D eigenvalue weighted by Gasteiger charge is 2.60. The highest BCUT2D eigenvalue weighted by atomic mass is 79.9. The number of rotatable bonds is 0. The number of halogens is 4. The van der Waals surface area contributed by atoms with Gasteiger partial charge in [-0.2, -0.15) is 0 Å². The van der Waals surface area contributed by atoms with Crippen molar-refractivity contribution in [2.24, 2.45) is 10.8 Å². The van der Waals surface area contributed by atoms with Gasteiger partial charge in [-0.1, -0.05) is 69.8 Å². The fraction of sp³-hybridized carbons (Fsp3) is 0.786. The Balaban J connectivity index is 2.06. The van der Waals surface area contributed by atoms with Crippen LogP contribution in [0.25, 0.3) is 0 Å². The lowest BCUT2D eigenvalue weighted by molar-refractivity contribution is -0.123. The van der Waals surface area contributed by atoms with Crippen LogP contribution < -0.4 is 0 Å². The molecule has 0 aromatic heterocycles. The molecule has 2 unspecified atom stereocenters. The van der Waals surface area contributed by atoms with Crippen LogP contribution in [0.4, 0.5) is 0 Å². The summed E-state index contributed by atoms with van der Waals surface area (Å²) in [6.45, 7) is 0. The zero-order valence-electron chi connectivity index (χ0n) is 10.4. The van der Waals surface area contributed by atoms with Crippen molar-refractivity contribution in [1.82, 2.24) is 0 Å². The van der Waals surface area contributed by atoms with E-state index >= 15 is 0 Å². The van der Waals surface area contributed by atoms with Crippen molar-refractivity contribution in [2.75, 3.05) is 0 Å². The standard InChI is InChI=1S/C14H16Br4O/c15-9-4-13-2-1-8(19)3-14(13,6-11(9)17)7-12(18)10(16)5-13/h1-2,9-12H,3-7H2/t9-,10-,11-,12+,13?,14?/m0/s1. The lowest BCUT2D eigenvalue weighted by atomic mass is 9.47. The van der Waals surface area contributed by atoms with Gasteiger partial charge in [0.05, 0.1) is 0 Å². The highest BCUT2D eigenvalue weighted by Crippen LogP contribution is 2.66. The summed E-state index contributed by atoms with van der Waals surface area (Å²) in [5.74, 6) is 0.302. The van der Waals surface area contributed by atoms with Crippen molar-refractivity contribution in [3.63, 3.8) is 0 Å². The summed E-state index contributed by atoms with van der Waals surface area (Å²) in [4.78, 5) is 13.9. The maximum Gasteiger partial charge on any atom is 0.155 e. The number of allylic oxidation sites excluding steroid dienone is 2. The third-order valence-corrected chi connectivity index (χ3v) is 10.5. The summed E-state index contributed by atoms with van der Waals surface area (Å²) in [5, 5.41) is 0. The van der Waals surface area contributed by atoms with Crippen LogP contribution in [-0.4, -0.2) is 25.1 Å². The van der Waals surface area contributed by atoms with Gasteiger partial charge in [0.1, 0.15) is 0 Å². The van der Waals surface area contributed by atoms with E-state index in [-0.39, 0.29) is 10.8 Å². The molecule has 6 atom stereocenters. The molecule has 1 nitrogen and oxygen atoms in total. The summed E-state index contributed by atoms with van der Waals surface area (Å²) in [7, 11) is 0. The zero-order valence-corrected chi connectivity index (χ0v) is 16.8. The van der Waals surface area contributed by atoms with Gasteiger partial charge in [0, 0.05) is 25.7 Å². The molecule has 0 amide bonds. The van der Waals surface area contributed by atoms with E-state index < -0.39 is 0 Å². The van der Waals surface area contributed by atoms with Crippen LogP contribution in [0.5, 0.6) is 0 Å². The topological polar surface area (TPSA) is 17.1 Å². The molecular formula is C14H16Br4O. The predicted molar refractivity (Wildman–Crippen MR) is 93.0 cm³/mol. The number of hydrogen-bond acceptors (Lipinski definition) is 1. The second-order valence-corrected chi connectivity index (χ2v) is 11.0. The first-order chi connectivity index (χ1) is 8.87. The number of ketones is 1. The molecule has 0 aromatic rings. The maximum atomic E-state index is 12.0. The lowest BCUT2D eigenvalue weighted by Crippen LogP contribution is -2.58. The van der Waals surface area contributed by atoms with Gasteiger partial charge in [-0.3, -0.25) is 4.79 Å². The molecule has 0 spiro atoms. The lowest BCUT2D eigenvalue weighted by Gasteiger charge is -2.61. The van der Waals surface area contributed by atoms with Gasteiger partial charge in [-0.25, -0.2) is 0 Å². The minimum Gasteiger partial charge on any atom is -0.295 e. The number of alkyl halides is 4. The van der Waals surface area contributed by atoms with Crippen LogP contribution in [0, 0.1) is 10.8 Å². The summed E-state index contributed by atoms with van der Waals surface area (Å²) in [5.41, 5.74) is 0.313. The number of hydrogen-bond donors (Lipinski definition) is 0. The van der Waals surface area contributed by atoms with E-state index in [1.807, 2.05) is 6.08 Å². The van der Waals surface area contributed by atoms with Gasteiger partial charge in [0.2, 0.25) is 0 Å². The maximum absolute atomic E-state index is 12.0. The number of carbonyl (C=O) groups excluding carboxylic acids is 1. The first-order valence-corrected chi connectivity index (χ1v) is 10.3. The van der Waals surface area contributed by atoms with Crippen LogP contribution in [0.2, 0.25) is 0 Å². The molecule has 5 heteroatoms. The monoisotopic (exact) mass is 516 g/mol. The fourth-order valence-electron chi connectivity index (χ4n) is 4.24. The van der Waals surface area contributed by atoms with Crippen molar-refractivity contribution in [1.29, 1.82) is 0 Å². The molecule has 3 aliphatic rings. The molecule has 0 N–H and O–H groups in total. The Morgan fingerprint density at radius 2 is 1.37 bits per heavy atom. The SMILES string of the molecule is O=C1C=CC23C[C@H](Br)[C@H](Br)CC2(C1)C[C@H](Br)[C@@H](Br)C3. The molecule has 0 saturated heterocycles. The molecule has 0 bridgehead atoms. The first kappa shape index (κ1) is 15.2. The van der Waals surface area contributed by atoms with Crippen LogP contribution in [-0.2, 0) is 4.79 Å². The Kier molecular flexibility index (Phi) is 4.17. The molecule has 106 valence electrons. The van der Waals surface area contributed by atoms with Gasteiger partial charge < -0.3 is 0 Å². The second-order valence-electron chi connectivity index (χ2n) is 6.29. The Morgan fingerprint density at radius 3 is 1.89 bits per heavy atom. The summed E-state index contributed by atoms with van der Waals surface area (Å²) in [6, 6.07) is 0. The van der Waals surface area contributed by atoms with E-state index in [1.54, 1.807) is 0 Å². The molecule has 2 fully saturated rings. The quantitative estimate of drug-likeness (QED) is 0.406. The molecule has 0 aliphatic heterocycles. The van der Waals surface area contributed by atoms with Gasteiger partial charge in [0.25, 0.3) is 0 Å². The van der Waals surface area contributed by atoms with Gasteiger partial charge >= 0.3 is 0 Å². The Labute approximate surface area is 147 Å². The normalized spacial score (nSPS) is 53.6. The van der Waals surface area contributed by atoms with Crippen LogP contribution in [0.3, 0.4) is 0 Å². The minimum atomic E-state index is 0.135. The molecule has 0 radical (unpaired) electrons. The van der Waals surface area contributed by atoms with Crippen molar-refractivity contribution in [2.45, 2.75) is 51.4 Å². The fourth-order valence-corrected chi connectivity index (χ4v) is 7.38. The van der Waals surface area contributed by atoms with Gasteiger partial charge in [-0.05, 0) is 42.6 Å². The Hall–Kier alpha value is 1.33. The molecular weight excluding hydrogens is 504 g/mol. The Morgan fingerprint density at radius 1 is 0.895 bits per heavy atom. The van der Waals surface area contributed by atoms with E-state index in [9.17, 15) is 4.79 Å². The summed E-state index contributed by atoms with van der Waals surface area (Å²) >= 11 is 15.3. The van der Waals surface area contributed by atoms with Crippen molar-refractivity contribution in [3.05, 3.63) is 12.2 Å². The third kappa shape index (κ3) is 2.39. The van der Waals surface area contributed by atoms with Gasteiger partial charge in [-0.15, -0.1) is 0 Å². The molecule has 0 aromatic carbocycles. The predicted octanol–water partition coefficient (Wildman–Crippen LogP) is 5.13. The molecule has 2 saturated carbocycles. The zero-order chi connectivity index (χ0) is 13.8. The van der Waals surface area contributed by atoms with Crippen molar-refractivity contribution >= 4 is 69.5 Å². The smallest absolute Gasteiger partial charge is 0.155 e. The van der Waals surface area contributed by atoms with Crippen molar-refractivity contribution in [3.8, 4) is 0 Å². The average molecular weight is 520 g/mol. The van der Waals surface area contributed by atoms with Crippen LogP contribution in [0.15, 0.2) is 12.2 Å². The third-order valence-electron chi connectivity index (χ3n) is 5.23. The van der Waals surface area contributed by atoms with Crippen molar-refractivity contribution < 1.29 is 4.79 Å². The average Bonchev–Trinajstić information content (AvgIpc) is 2.31. The van der Waals surface area contributed by atoms with E-state index in [0.717, 1.165) is 25.7 Å². The second kappa shape index (κ2) is 5.20. The minimum absolute atomic E-state index is 0.135. The van der Waals surface area contributed by atoms with E-state index in [2.05, 4.69) is 69.8 Å². The number of carbonyl (C=O) groups is 1. The first-order valence-electron chi connectivity index (χ1n) is 6.66. The van der Waals surface area contributed by atoms with E-state index in [1.165, 1.54) is 0 Å². The molecule has 19 heavy (non-hydrogen) atoms. The molecule has 3 rings (SSSR count). The summed E-state index contributed by atoms with van der Waals surface area (Å²) < 4.78 is 0. The Bertz CT molecular complexity index is 413. The van der Waals surface area contributed by atoms with Crippen LogP contribution >= 0.6 is 63.7 Å². The van der Waals surface area contributed by atoms with Gasteiger partial charge in [0.15, 0.2) is 5.78 Å².